The maximum Gasteiger partial charge on any atom is 0.244 e. The minimum Gasteiger partial charge on any atom is -0.337 e. The molecular formula is C15H20N2O. The summed E-state index contributed by atoms with van der Waals surface area (Å²) in [4.78, 5) is 14.2. The lowest BCUT2D eigenvalue weighted by Crippen LogP contribution is -2.39. The molecule has 0 saturated heterocycles. The van der Waals surface area contributed by atoms with Crippen LogP contribution in [0.1, 0.15) is 24.4 Å². The molecule has 3 heteroatoms. The highest BCUT2D eigenvalue weighted by Crippen LogP contribution is 2.30. The number of carbonyl (C=O) groups excluding carboxylic acids is 1. The molecule has 0 aromatic heterocycles. The van der Waals surface area contributed by atoms with Gasteiger partial charge in [0.1, 0.15) is 6.04 Å². The van der Waals surface area contributed by atoms with Gasteiger partial charge in [-0.25, -0.2) is 0 Å². The van der Waals surface area contributed by atoms with Gasteiger partial charge in [-0.1, -0.05) is 36.4 Å². The maximum atomic E-state index is 12.4. The molecule has 0 radical (unpaired) electrons. The monoisotopic (exact) mass is 244 g/mol. The summed E-state index contributed by atoms with van der Waals surface area (Å²) in [6.45, 7) is 5.10. The van der Waals surface area contributed by atoms with E-state index in [1.165, 1.54) is 12.8 Å². The van der Waals surface area contributed by atoms with Gasteiger partial charge in [0, 0.05) is 13.1 Å². The SMILES string of the molecule is C=CCN(CC1CC1)C(=O)[C@H](N)c1ccccc1. The van der Waals surface area contributed by atoms with Crippen molar-refractivity contribution in [3.63, 3.8) is 0 Å². The van der Waals surface area contributed by atoms with E-state index in [1.807, 2.05) is 35.2 Å². The highest BCUT2D eigenvalue weighted by Gasteiger charge is 2.28. The first-order chi connectivity index (χ1) is 8.72. The minimum atomic E-state index is -0.565. The fourth-order valence-corrected chi connectivity index (χ4v) is 2.02. The Hall–Kier alpha value is -1.61. The van der Waals surface area contributed by atoms with E-state index in [9.17, 15) is 4.79 Å². The van der Waals surface area contributed by atoms with Gasteiger partial charge in [-0.2, -0.15) is 0 Å². The standard InChI is InChI=1S/C15H20N2O/c1-2-10-17(11-12-8-9-12)15(18)14(16)13-6-4-3-5-7-13/h2-7,12,14H,1,8-11,16H2/t14-/m1/s1. The van der Waals surface area contributed by atoms with E-state index in [1.54, 1.807) is 6.08 Å². The van der Waals surface area contributed by atoms with Crippen LogP contribution < -0.4 is 5.73 Å². The van der Waals surface area contributed by atoms with Gasteiger partial charge in [0.2, 0.25) is 5.91 Å². The van der Waals surface area contributed by atoms with Crippen LogP contribution in [-0.2, 0) is 4.79 Å². The molecule has 0 bridgehead atoms. The molecule has 1 fully saturated rings. The molecule has 1 aromatic carbocycles. The average Bonchev–Trinajstić information content (AvgIpc) is 3.21. The smallest absolute Gasteiger partial charge is 0.244 e. The van der Waals surface area contributed by atoms with Crippen LogP contribution in [0, 0.1) is 5.92 Å². The summed E-state index contributed by atoms with van der Waals surface area (Å²) in [5.41, 5.74) is 6.91. The number of carbonyl (C=O) groups is 1. The van der Waals surface area contributed by atoms with Crippen LogP contribution in [0.25, 0.3) is 0 Å². The normalized spacial score (nSPS) is 16.1. The lowest BCUT2D eigenvalue weighted by Gasteiger charge is -2.24. The zero-order valence-corrected chi connectivity index (χ0v) is 10.6. The van der Waals surface area contributed by atoms with E-state index < -0.39 is 6.04 Å². The van der Waals surface area contributed by atoms with Crippen LogP contribution in [-0.4, -0.2) is 23.9 Å². The van der Waals surface area contributed by atoms with Crippen LogP contribution in [0.5, 0.6) is 0 Å². The Morgan fingerprint density at radius 1 is 1.44 bits per heavy atom. The van der Waals surface area contributed by atoms with Crippen LogP contribution in [0.3, 0.4) is 0 Å². The molecule has 18 heavy (non-hydrogen) atoms. The number of rotatable bonds is 6. The third kappa shape index (κ3) is 3.20. The first-order valence-electron chi connectivity index (χ1n) is 6.42. The van der Waals surface area contributed by atoms with Crippen molar-refractivity contribution in [1.82, 2.24) is 4.90 Å². The third-order valence-corrected chi connectivity index (χ3v) is 3.26. The van der Waals surface area contributed by atoms with Gasteiger partial charge < -0.3 is 10.6 Å². The van der Waals surface area contributed by atoms with Crippen molar-refractivity contribution < 1.29 is 4.79 Å². The average molecular weight is 244 g/mol. The topological polar surface area (TPSA) is 46.3 Å². The molecule has 0 aliphatic heterocycles. The van der Waals surface area contributed by atoms with Crippen molar-refractivity contribution in [2.24, 2.45) is 11.7 Å². The van der Waals surface area contributed by atoms with Gasteiger partial charge in [-0.3, -0.25) is 4.79 Å². The van der Waals surface area contributed by atoms with E-state index in [0.717, 1.165) is 12.1 Å². The minimum absolute atomic E-state index is 0.00648. The van der Waals surface area contributed by atoms with Crippen LogP contribution >= 0.6 is 0 Å². The summed E-state index contributed by atoms with van der Waals surface area (Å²) in [7, 11) is 0. The molecule has 0 unspecified atom stereocenters. The number of nitrogens with zero attached hydrogens (tertiary/aromatic N) is 1. The molecule has 0 heterocycles. The Labute approximate surface area is 108 Å². The summed E-state index contributed by atoms with van der Waals surface area (Å²) in [6.07, 6.45) is 4.21. The van der Waals surface area contributed by atoms with Crippen molar-refractivity contribution in [2.45, 2.75) is 18.9 Å². The second-order valence-electron chi connectivity index (χ2n) is 4.86. The summed E-state index contributed by atoms with van der Waals surface area (Å²) in [5, 5.41) is 0. The Bertz CT molecular complexity index is 412. The summed E-state index contributed by atoms with van der Waals surface area (Å²) in [6, 6.07) is 8.96. The molecule has 1 aliphatic carbocycles. The Morgan fingerprint density at radius 3 is 2.67 bits per heavy atom. The first-order valence-corrected chi connectivity index (χ1v) is 6.42. The predicted octanol–water partition coefficient (Wildman–Crippen LogP) is 2.11. The zero-order chi connectivity index (χ0) is 13.0. The molecule has 1 saturated carbocycles. The van der Waals surface area contributed by atoms with Gasteiger partial charge in [0.05, 0.1) is 0 Å². The molecule has 0 spiro atoms. The number of benzene rings is 1. The predicted molar refractivity (Wildman–Crippen MR) is 72.9 cm³/mol. The van der Waals surface area contributed by atoms with Crippen molar-refractivity contribution >= 4 is 5.91 Å². The van der Waals surface area contributed by atoms with Gasteiger partial charge >= 0.3 is 0 Å². The molecule has 96 valence electrons. The van der Waals surface area contributed by atoms with E-state index >= 15 is 0 Å². The summed E-state index contributed by atoms with van der Waals surface area (Å²) < 4.78 is 0. The highest BCUT2D eigenvalue weighted by atomic mass is 16.2. The third-order valence-electron chi connectivity index (χ3n) is 3.26. The maximum absolute atomic E-state index is 12.4. The van der Waals surface area contributed by atoms with Crippen molar-refractivity contribution in [3.05, 3.63) is 48.6 Å². The molecule has 2 rings (SSSR count). The molecular weight excluding hydrogens is 224 g/mol. The summed E-state index contributed by atoms with van der Waals surface area (Å²) >= 11 is 0. The van der Waals surface area contributed by atoms with E-state index in [0.29, 0.717) is 12.5 Å². The molecule has 1 atom stereocenters. The number of amides is 1. The molecule has 2 N–H and O–H groups in total. The first kappa shape index (κ1) is 12.8. The molecule has 1 amide bonds. The number of hydrogen-bond acceptors (Lipinski definition) is 2. The van der Waals surface area contributed by atoms with Crippen LogP contribution in [0.15, 0.2) is 43.0 Å². The second kappa shape index (κ2) is 5.83. The largest absolute Gasteiger partial charge is 0.337 e. The van der Waals surface area contributed by atoms with Gasteiger partial charge in [-0.15, -0.1) is 6.58 Å². The molecule has 3 nitrogen and oxygen atoms in total. The summed E-state index contributed by atoms with van der Waals surface area (Å²) in [5.74, 6) is 0.657. The number of hydrogen-bond donors (Lipinski definition) is 1. The zero-order valence-electron chi connectivity index (χ0n) is 10.6. The quantitative estimate of drug-likeness (QED) is 0.779. The van der Waals surface area contributed by atoms with Gasteiger partial charge in [-0.05, 0) is 24.3 Å². The molecule has 1 aliphatic rings. The van der Waals surface area contributed by atoms with E-state index in [4.69, 9.17) is 5.73 Å². The second-order valence-corrected chi connectivity index (χ2v) is 4.86. The van der Waals surface area contributed by atoms with Crippen LogP contribution in [0.2, 0.25) is 0 Å². The van der Waals surface area contributed by atoms with Gasteiger partial charge in [0.25, 0.3) is 0 Å². The van der Waals surface area contributed by atoms with Crippen molar-refractivity contribution in [3.8, 4) is 0 Å². The van der Waals surface area contributed by atoms with Crippen LogP contribution in [0.4, 0.5) is 0 Å². The Balaban J connectivity index is 2.04. The fourth-order valence-electron chi connectivity index (χ4n) is 2.02. The van der Waals surface area contributed by atoms with E-state index in [-0.39, 0.29) is 5.91 Å². The number of nitrogens with two attached hydrogens (primary N) is 1. The highest BCUT2D eigenvalue weighted by molar-refractivity contribution is 5.83. The van der Waals surface area contributed by atoms with Gasteiger partial charge in [0.15, 0.2) is 0 Å². The van der Waals surface area contributed by atoms with E-state index in [2.05, 4.69) is 6.58 Å². The fraction of sp³-hybridized carbons (Fsp3) is 0.400. The Kier molecular flexibility index (Phi) is 4.15. The lowest BCUT2D eigenvalue weighted by atomic mass is 10.1. The molecule has 1 aromatic rings. The van der Waals surface area contributed by atoms with Crippen molar-refractivity contribution in [2.75, 3.05) is 13.1 Å². The van der Waals surface area contributed by atoms with Crippen molar-refractivity contribution in [1.29, 1.82) is 0 Å². The Morgan fingerprint density at radius 2 is 2.11 bits per heavy atom. The lowest BCUT2D eigenvalue weighted by molar-refractivity contribution is -0.132.